The van der Waals surface area contributed by atoms with Crippen LogP contribution in [0.5, 0.6) is 0 Å². The van der Waals surface area contributed by atoms with E-state index in [4.69, 9.17) is 11.6 Å². The second-order valence-corrected chi connectivity index (χ2v) is 7.53. The van der Waals surface area contributed by atoms with E-state index in [-0.39, 0.29) is 18.1 Å². The van der Waals surface area contributed by atoms with E-state index in [1.165, 1.54) is 6.07 Å². The van der Waals surface area contributed by atoms with Crippen LogP contribution < -0.4 is 10.6 Å². The molecule has 0 bridgehead atoms. The van der Waals surface area contributed by atoms with Gasteiger partial charge in [0.15, 0.2) is 11.5 Å². The Kier molecular flexibility index (Phi) is 6.08. The molecular weight excluding hydrogens is 419 g/mol. The van der Waals surface area contributed by atoms with E-state index in [9.17, 15) is 9.18 Å². The van der Waals surface area contributed by atoms with Crippen LogP contribution in [-0.4, -0.2) is 25.7 Å². The molecule has 0 aliphatic carbocycles. The first-order valence-corrected chi connectivity index (χ1v) is 10.1. The van der Waals surface area contributed by atoms with Crippen molar-refractivity contribution in [2.45, 2.75) is 26.3 Å². The van der Waals surface area contributed by atoms with Crippen LogP contribution in [-0.2, 0) is 17.8 Å². The van der Waals surface area contributed by atoms with E-state index < -0.39 is 0 Å². The molecule has 0 spiro atoms. The Balaban J connectivity index is 1.39. The van der Waals surface area contributed by atoms with Crippen LogP contribution in [0.2, 0.25) is 5.02 Å². The Morgan fingerprint density at radius 3 is 2.68 bits per heavy atom. The Morgan fingerprint density at radius 2 is 1.90 bits per heavy atom. The predicted molar refractivity (Wildman–Crippen MR) is 118 cm³/mol. The fourth-order valence-corrected chi connectivity index (χ4v) is 3.12. The Hall–Kier alpha value is -3.52. The van der Waals surface area contributed by atoms with Gasteiger partial charge >= 0.3 is 0 Å². The van der Waals surface area contributed by atoms with Gasteiger partial charge in [0, 0.05) is 30.1 Å². The Labute approximate surface area is 183 Å². The number of benzene rings is 2. The number of fused-ring (bicyclic) bond motifs is 1. The molecule has 0 atom stereocenters. The minimum atomic E-state index is -0.357. The summed E-state index contributed by atoms with van der Waals surface area (Å²) in [5.74, 6) is 0.625. The molecule has 31 heavy (non-hydrogen) atoms. The number of hydrogen-bond donors (Lipinski definition) is 2. The van der Waals surface area contributed by atoms with Gasteiger partial charge in [0.25, 0.3) is 0 Å². The number of rotatable bonds is 7. The number of aromatic nitrogens is 4. The lowest BCUT2D eigenvalue weighted by Crippen LogP contribution is -2.14. The van der Waals surface area contributed by atoms with Gasteiger partial charge in [-0.05, 0) is 54.4 Å². The number of halogens is 2. The third kappa shape index (κ3) is 5.16. The SMILES string of the molecule is Cc1ccc(NC(=O)CCc2nnc3ccc(NCc4ccc(Cl)cc4)nn23)cc1F. The maximum Gasteiger partial charge on any atom is 0.224 e. The van der Waals surface area contributed by atoms with Crippen LogP contribution in [0.3, 0.4) is 0 Å². The van der Waals surface area contributed by atoms with Crippen LogP contribution in [0.4, 0.5) is 15.9 Å². The number of hydrogen-bond acceptors (Lipinski definition) is 5. The van der Waals surface area contributed by atoms with Gasteiger partial charge in [-0.15, -0.1) is 15.3 Å². The molecular formula is C22H20ClFN6O. The van der Waals surface area contributed by atoms with Crippen molar-refractivity contribution in [3.63, 3.8) is 0 Å². The number of anilines is 2. The van der Waals surface area contributed by atoms with Gasteiger partial charge in [0.2, 0.25) is 5.91 Å². The summed E-state index contributed by atoms with van der Waals surface area (Å²) >= 11 is 5.91. The van der Waals surface area contributed by atoms with E-state index in [2.05, 4.69) is 25.9 Å². The average molecular weight is 439 g/mol. The lowest BCUT2D eigenvalue weighted by atomic mass is 10.2. The average Bonchev–Trinajstić information content (AvgIpc) is 3.17. The third-order valence-corrected chi connectivity index (χ3v) is 5.00. The number of aryl methyl sites for hydroxylation is 2. The van der Waals surface area contributed by atoms with Gasteiger partial charge in [-0.1, -0.05) is 29.8 Å². The number of nitrogens with one attached hydrogen (secondary N) is 2. The smallest absolute Gasteiger partial charge is 0.224 e. The zero-order valence-corrected chi connectivity index (χ0v) is 17.5. The first-order chi connectivity index (χ1) is 15.0. The molecule has 4 rings (SSSR count). The molecule has 0 fully saturated rings. The predicted octanol–water partition coefficient (Wildman–Crippen LogP) is 4.41. The van der Waals surface area contributed by atoms with E-state index in [0.717, 1.165) is 5.56 Å². The summed E-state index contributed by atoms with van der Waals surface area (Å²) in [4.78, 5) is 12.3. The number of carbonyl (C=O) groups is 1. The quantitative estimate of drug-likeness (QED) is 0.446. The lowest BCUT2D eigenvalue weighted by molar-refractivity contribution is -0.116. The molecule has 0 saturated carbocycles. The highest BCUT2D eigenvalue weighted by atomic mass is 35.5. The van der Waals surface area contributed by atoms with Crippen molar-refractivity contribution in [2.75, 3.05) is 10.6 Å². The molecule has 0 unspecified atom stereocenters. The van der Waals surface area contributed by atoms with Crippen molar-refractivity contribution in [1.82, 2.24) is 19.8 Å². The maximum atomic E-state index is 13.6. The largest absolute Gasteiger partial charge is 0.365 e. The molecule has 2 aromatic heterocycles. The zero-order valence-electron chi connectivity index (χ0n) is 16.8. The summed E-state index contributed by atoms with van der Waals surface area (Å²) in [6.45, 7) is 2.26. The van der Waals surface area contributed by atoms with Crippen molar-refractivity contribution < 1.29 is 9.18 Å². The molecule has 0 aliphatic rings. The Bertz CT molecular complexity index is 1220. The van der Waals surface area contributed by atoms with Crippen LogP contribution in [0.15, 0.2) is 54.6 Å². The molecule has 0 saturated heterocycles. The normalized spacial score (nSPS) is 10.9. The van der Waals surface area contributed by atoms with Crippen LogP contribution in [0.25, 0.3) is 5.65 Å². The second-order valence-electron chi connectivity index (χ2n) is 7.10. The highest BCUT2D eigenvalue weighted by molar-refractivity contribution is 6.30. The monoisotopic (exact) mass is 438 g/mol. The van der Waals surface area contributed by atoms with E-state index in [1.54, 1.807) is 23.6 Å². The molecule has 9 heteroatoms. The molecule has 0 radical (unpaired) electrons. The second kappa shape index (κ2) is 9.09. The van der Waals surface area contributed by atoms with Gasteiger partial charge in [-0.2, -0.15) is 4.52 Å². The van der Waals surface area contributed by atoms with Crippen molar-refractivity contribution in [3.8, 4) is 0 Å². The summed E-state index contributed by atoms with van der Waals surface area (Å²) in [6, 6.07) is 15.8. The highest BCUT2D eigenvalue weighted by Crippen LogP contribution is 2.15. The molecule has 2 aromatic carbocycles. The van der Waals surface area contributed by atoms with Crippen molar-refractivity contribution in [1.29, 1.82) is 0 Å². The Morgan fingerprint density at radius 1 is 1.10 bits per heavy atom. The van der Waals surface area contributed by atoms with Gasteiger partial charge in [-0.25, -0.2) is 4.39 Å². The minimum absolute atomic E-state index is 0.167. The van der Waals surface area contributed by atoms with E-state index in [1.807, 2.05) is 36.4 Å². The summed E-state index contributed by atoms with van der Waals surface area (Å²) in [7, 11) is 0. The molecule has 1 amide bonds. The van der Waals surface area contributed by atoms with Crippen molar-refractivity contribution in [3.05, 3.63) is 82.4 Å². The first-order valence-electron chi connectivity index (χ1n) is 9.73. The number of nitrogens with zero attached hydrogens (tertiary/aromatic N) is 4. The van der Waals surface area contributed by atoms with E-state index >= 15 is 0 Å². The van der Waals surface area contributed by atoms with Gasteiger partial charge < -0.3 is 10.6 Å². The molecule has 2 heterocycles. The molecule has 2 N–H and O–H groups in total. The molecule has 0 aliphatic heterocycles. The molecule has 158 valence electrons. The number of amides is 1. The number of carbonyl (C=O) groups excluding carboxylic acids is 1. The minimum Gasteiger partial charge on any atom is -0.365 e. The van der Waals surface area contributed by atoms with Crippen LogP contribution in [0, 0.1) is 12.7 Å². The lowest BCUT2D eigenvalue weighted by Gasteiger charge is -2.07. The highest BCUT2D eigenvalue weighted by Gasteiger charge is 2.11. The van der Waals surface area contributed by atoms with E-state index in [0.29, 0.717) is 46.5 Å². The van der Waals surface area contributed by atoms with Crippen molar-refractivity contribution >= 4 is 34.7 Å². The third-order valence-electron chi connectivity index (χ3n) is 4.75. The zero-order chi connectivity index (χ0) is 21.8. The first kappa shape index (κ1) is 20.7. The van der Waals surface area contributed by atoms with Crippen LogP contribution >= 0.6 is 11.6 Å². The summed E-state index contributed by atoms with van der Waals surface area (Å²) < 4.78 is 15.3. The fraction of sp³-hybridized carbons (Fsp3) is 0.182. The maximum absolute atomic E-state index is 13.6. The summed E-state index contributed by atoms with van der Waals surface area (Å²) in [5, 5.41) is 19.4. The van der Waals surface area contributed by atoms with Gasteiger partial charge in [-0.3, -0.25) is 4.79 Å². The van der Waals surface area contributed by atoms with Gasteiger partial charge in [0.1, 0.15) is 11.6 Å². The summed E-state index contributed by atoms with van der Waals surface area (Å²) in [6.07, 6.45) is 0.509. The molecule has 4 aromatic rings. The standard InChI is InChI=1S/C22H20ClFN6O/c1-14-2-7-17(12-18(14)24)26-22(31)11-10-21-28-27-20-9-8-19(29-30(20)21)25-13-15-3-5-16(23)6-4-15/h2-9,12H,10-11,13H2,1H3,(H,25,29)(H,26,31). The molecule has 7 nitrogen and oxygen atoms in total. The van der Waals surface area contributed by atoms with Crippen molar-refractivity contribution in [2.24, 2.45) is 0 Å². The fourth-order valence-electron chi connectivity index (χ4n) is 3.00. The van der Waals surface area contributed by atoms with Crippen LogP contribution in [0.1, 0.15) is 23.4 Å². The topological polar surface area (TPSA) is 84.2 Å². The summed E-state index contributed by atoms with van der Waals surface area (Å²) in [5.41, 5.74) is 2.61. The van der Waals surface area contributed by atoms with Gasteiger partial charge in [0.05, 0.1) is 0 Å².